The molecule has 2 rings (SSSR count). The molecule has 0 radical (unpaired) electrons. The van der Waals surface area contributed by atoms with Gasteiger partial charge < -0.3 is 5.32 Å². The SMILES string of the molecule is CCNC(Cc1cccc(F)c1Cl)c1cc(C)cc(F)c1. The average molecular weight is 310 g/mol. The van der Waals surface area contributed by atoms with Crippen LogP contribution in [-0.2, 0) is 6.42 Å². The lowest BCUT2D eigenvalue weighted by molar-refractivity contribution is 0.539. The first-order valence-electron chi connectivity index (χ1n) is 6.94. The van der Waals surface area contributed by atoms with Gasteiger partial charge in [-0.1, -0.05) is 36.7 Å². The third-order valence-corrected chi connectivity index (χ3v) is 3.80. The van der Waals surface area contributed by atoms with Crippen LogP contribution in [-0.4, -0.2) is 6.54 Å². The van der Waals surface area contributed by atoms with E-state index in [-0.39, 0.29) is 16.9 Å². The normalized spacial score (nSPS) is 12.4. The fraction of sp³-hybridized carbons (Fsp3) is 0.294. The number of likely N-dealkylation sites (N-methyl/N-ethyl adjacent to an activating group) is 1. The van der Waals surface area contributed by atoms with Crippen molar-refractivity contribution < 1.29 is 8.78 Å². The second-order valence-corrected chi connectivity index (χ2v) is 5.47. The van der Waals surface area contributed by atoms with Crippen molar-refractivity contribution in [2.75, 3.05) is 6.54 Å². The molecule has 1 unspecified atom stereocenters. The highest BCUT2D eigenvalue weighted by Crippen LogP contribution is 2.26. The third kappa shape index (κ3) is 4.02. The molecule has 1 nitrogen and oxygen atoms in total. The van der Waals surface area contributed by atoms with Crippen LogP contribution in [0.1, 0.15) is 29.7 Å². The Kier molecular flexibility index (Phi) is 5.32. The van der Waals surface area contributed by atoms with Crippen LogP contribution >= 0.6 is 11.6 Å². The molecule has 1 atom stereocenters. The first-order valence-corrected chi connectivity index (χ1v) is 7.32. The highest BCUT2D eigenvalue weighted by Gasteiger charge is 2.15. The number of nitrogens with one attached hydrogen (secondary N) is 1. The Labute approximate surface area is 128 Å². The van der Waals surface area contributed by atoms with Crippen LogP contribution in [0.5, 0.6) is 0 Å². The van der Waals surface area contributed by atoms with Gasteiger partial charge in [0, 0.05) is 6.04 Å². The topological polar surface area (TPSA) is 12.0 Å². The van der Waals surface area contributed by atoms with E-state index in [9.17, 15) is 8.78 Å². The van der Waals surface area contributed by atoms with E-state index in [1.165, 1.54) is 18.2 Å². The maximum atomic E-state index is 13.6. The average Bonchev–Trinajstić information content (AvgIpc) is 2.42. The van der Waals surface area contributed by atoms with Crippen molar-refractivity contribution in [3.05, 3.63) is 69.7 Å². The summed E-state index contributed by atoms with van der Waals surface area (Å²) in [5.41, 5.74) is 2.41. The number of benzene rings is 2. The summed E-state index contributed by atoms with van der Waals surface area (Å²) in [6.07, 6.45) is 0.507. The Morgan fingerprint density at radius 2 is 1.95 bits per heavy atom. The zero-order valence-electron chi connectivity index (χ0n) is 12.1. The van der Waals surface area contributed by atoms with Gasteiger partial charge in [-0.15, -0.1) is 0 Å². The summed E-state index contributed by atoms with van der Waals surface area (Å²) >= 11 is 6.01. The predicted molar refractivity (Wildman–Crippen MR) is 82.7 cm³/mol. The molecule has 0 aliphatic heterocycles. The van der Waals surface area contributed by atoms with Crippen LogP contribution in [0.4, 0.5) is 8.78 Å². The Hall–Kier alpha value is -1.45. The van der Waals surface area contributed by atoms with Gasteiger partial charge in [-0.2, -0.15) is 0 Å². The summed E-state index contributed by atoms with van der Waals surface area (Å²) in [6, 6.07) is 9.58. The summed E-state index contributed by atoms with van der Waals surface area (Å²) in [7, 11) is 0. The minimum atomic E-state index is -0.431. The van der Waals surface area contributed by atoms with Gasteiger partial charge in [-0.25, -0.2) is 8.78 Å². The number of rotatable bonds is 5. The molecule has 0 aromatic heterocycles. The van der Waals surface area contributed by atoms with Crippen LogP contribution in [0.3, 0.4) is 0 Å². The van der Waals surface area contributed by atoms with Crippen LogP contribution in [0, 0.1) is 18.6 Å². The monoisotopic (exact) mass is 309 g/mol. The van der Waals surface area contributed by atoms with Gasteiger partial charge in [0.2, 0.25) is 0 Å². The highest BCUT2D eigenvalue weighted by atomic mass is 35.5. The number of halogens is 3. The molecule has 0 heterocycles. The van der Waals surface area contributed by atoms with Gasteiger partial charge in [-0.05, 0) is 54.8 Å². The lowest BCUT2D eigenvalue weighted by Crippen LogP contribution is -2.23. The van der Waals surface area contributed by atoms with E-state index in [0.717, 1.165) is 17.7 Å². The van der Waals surface area contributed by atoms with Gasteiger partial charge >= 0.3 is 0 Å². The van der Waals surface area contributed by atoms with E-state index in [0.29, 0.717) is 12.0 Å². The minimum absolute atomic E-state index is 0.108. The van der Waals surface area contributed by atoms with Gasteiger partial charge in [0.1, 0.15) is 11.6 Å². The number of hydrogen-bond acceptors (Lipinski definition) is 1. The quantitative estimate of drug-likeness (QED) is 0.835. The number of aryl methyl sites for hydroxylation is 1. The maximum absolute atomic E-state index is 13.6. The molecule has 4 heteroatoms. The molecular weight excluding hydrogens is 292 g/mol. The van der Waals surface area contributed by atoms with Crippen LogP contribution in [0.2, 0.25) is 5.02 Å². The molecule has 21 heavy (non-hydrogen) atoms. The molecule has 112 valence electrons. The standard InChI is InChI=1S/C17H18ClF2N/c1-3-21-16(13-7-11(2)8-14(19)9-13)10-12-5-4-6-15(20)17(12)18/h4-9,16,21H,3,10H2,1-2H3. The van der Waals surface area contributed by atoms with Crippen molar-refractivity contribution in [3.63, 3.8) is 0 Å². The second kappa shape index (κ2) is 7.01. The molecule has 0 spiro atoms. The second-order valence-electron chi connectivity index (χ2n) is 5.09. The largest absolute Gasteiger partial charge is 0.310 e. The Balaban J connectivity index is 2.32. The molecule has 0 fully saturated rings. The smallest absolute Gasteiger partial charge is 0.142 e. The predicted octanol–water partition coefficient (Wildman–Crippen LogP) is 4.82. The fourth-order valence-electron chi connectivity index (χ4n) is 2.45. The Morgan fingerprint density at radius 3 is 2.62 bits per heavy atom. The van der Waals surface area contributed by atoms with Crippen LogP contribution < -0.4 is 5.32 Å². The van der Waals surface area contributed by atoms with Crippen molar-refractivity contribution in [1.29, 1.82) is 0 Å². The van der Waals surface area contributed by atoms with Crippen molar-refractivity contribution in [1.82, 2.24) is 5.32 Å². The van der Waals surface area contributed by atoms with Crippen LogP contribution in [0.15, 0.2) is 36.4 Å². The van der Waals surface area contributed by atoms with E-state index < -0.39 is 5.82 Å². The molecule has 2 aromatic carbocycles. The Bertz CT molecular complexity index is 608. The van der Waals surface area contributed by atoms with Crippen LogP contribution in [0.25, 0.3) is 0 Å². The maximum Gasteiger partial charge on any atom is 0.142 e. The van der Waals surface area contributed by atoms with Crippen molar-refractivity contribution in [2.45, 2.75) is 26.3 Å². The fourth-order valence-corrected chi connectivity index (χ4v) is 2.65. The zero-order valence-corrected chi connectivity index (χ0v) is 12.8. The summed E-state index contributed by atoms with van der Waals surface area (Å²) in [5, 5.41) is 3.43. The van der Waals surface area contributed by atoms with Crippen molar-refractivity contribution in [3.8, 4) is 0 Å². The van der Waals surface area contributed by atoms with Crippen molar-refractivity contribution >= 4 is 11.6 Å². The first kappa shape index (κ1) is 15.9. The molecule has 2 aromatic rings. The molecule has 0 amide bonds. The lowest BCUT2D eigenvalue weighted by atomic mass is 9.97. The first-order chi connectivity index (χ1) is 10.0. The number of hydrogen-bond donors (Lipinski definition) is 1. The molecule has 1 N–H and O–H groups in total. The molecule has 0 saturated heterocycles. The van der Waals surface area contributed by atoms with E-state index in [4.69, 9.17) is 11.6 Å². The van der Waals surface area contributed by atoms with Gasteiger partial charge in [0.15, 0.2) is 0 Å². The van der Waals surface area contributed by atoms with Gasteiger partial charge in [0.25, 0.3) is 0 Å². The highest BCUT2D eigenvalue weighted by molar-refractivity contribution is 6.31. The van der Waals surface area contributed by atoms with Crippen molar-refractivity contribution in [2.24, 2.45) is 0 Å². The van der Waals surface area contributed by atoms with E-state index >= 15 is 0 Å². The molecule has 0 aliphatic rings. The molecule has 0 bridgehead atoms. The van der Waals surface area contributed by atoms with Gasteiger partial charge in [-0.3, -0.25) is 0 Å². The molecular formula is C17H18ClF2N. The summed E-state index contributed by atoms with van der Waals surface area (Å²) < 4.78 is 27.1. The summed E-state index contributed by atoms with van der Waals surface area (Å²) in [6.45, 7) is 4.56. The Morgan fingerprint density at radius 1 is 1.19 bits per heavy atom. The molecule has 0 aliphatic carbocycles. The summed E-state index contributed by atoms with van der Waals surface area (Å²) in [4.78, 5) is 0. The van der Waals surface area contributed by atoms with E-state index in [1.807, 2.05) is 19.9 Å². The molecule has 0 saturated carbocycles. The van der Waals surface area contributed by atoms with Gasteiger partial charge in [0.05, 0.1) is 5.02 Å². The lowest BCUT2D eigenvalue weighted by Gasteiger charge is -2.20. The van der Waals surface area contributed by atoms with E-state index in [1.54, 1.807) is 12.1 Å². The third-order valence-electron chi connectivity index (χ3n) is 3.37. The minimum Gasteiger partial charge on any atom is -0.310 e. The van der Waals surface area contributed by atoms with E-state index in [2.05, 4.69) is 5.32 Å². The zero-order chi connectivity index (χ0) is 15.4. The summed E-state index contributed by atoms with van der Waals surface area (Å²) in [5.74, 6) is -0.696.